The van der Waals surface area contributed by atoms with Crippen LogP contribution in [0, 0.1) is 11.6 Å². The highest BCUT2D eigenvalue weighted by Gasteiger charge is 2.18. The smallest absolute Gasteiger partial charge is 0.163 e. The van der Waals surface area contributed by atoms with E-state index in [1.165, 1.54) is 11.6 Å². The summed E-state index contributed by atoms with van der Waals surface area (Å²) in [5.74, 6) is -1.58. The molecule has 2 aromatic carbocycles. The van der Waals surface area contributed by atoms with Crippen molar-refractivity contribution in [3.05, 3.63) is 71.3 Å². The molecule has 1 atom stereocenters. The Labute approximate surface area is 124 Å². The molecule has 1 N–H and O–H groups in total. The van der Waals surface area contributed by atoms with E-state index in [2.05, 4.69) is 10.2 Å². The SMILES string of the molecule is CNC(CN(C)Cc1ccccc1)c1cccc(F)c1F. The molecule has 112 valence electrons. The van der Waals surface area contributed by atoms with Crippen LogP contribution in [-0.2, 0) is 6.54 Å². The largest absolute Gasteiger partial charge is 0.312 e. The monoisotopic (exact) mass is 290 g/mol. The molecule has 2 aromatic rings. The van der Waals surface area contributed by atoms with Crippen LogP contribution in [0.2, 0.25) is 0 Å². The van der Waals surface area contributed by atoms with Crippen LogP contribution in [0.1, 0.15) is 17.2 Å². The summed E-state index contributed by atoms with van der Waals surface area (Å²) in [5, 5.41) is 3.05. The van der Waals surface area contributed by atoms with Gasteiger partial charge in [0.25, 0.3) is 0 Å². The van der Waals surface area contributed by atoms with Crippen molar-refractivity contribution < 1.29 is 8.78 Å². The van der Waals surface area contributed by atoms with Gasteiger partial charge in [-0.3, -0.25) is 0 Å². The van der Waals surface area contributed by atoms with E-state index in [4.69, 9.17) is 0 Å². The number of benzene rings is 2. The molecule has 0 spiro atoms. The van der Waals surface area contributed by atoms with Gasteiger partial charge in [-0.05, 0) is 25.7 Å². The second-order valence-electron chi connectivity index (χ2n) is 5.17. The summed E-state index contributed by atoms with van der Waals surface area (Å²) in [5.41, 5.74) is 1.55. The van der Waals surface area contributed by atoms with Crippen molar-refractivity contribution in [1.29, 1.82) is 0 Å². The first-order valence-corrected chi connectivity index (χ1v) is 6.95. The van der Waals surface area contributed by atoms with Gasteiger partial charge in [0.15, 0.2) is 11.6 Å². The van der Waals surface area contributed by atoms with E-state index in [1.54, 1.807) is 13.1 Å². The topological polar surface area (TPSA) is 15.3 Å². The highest BCUT2D eigenvalue weighted by atomic mass is 19.2. The van der Waals surface area contributed by atoms with Crippen molar-refractivity contribution >= 4 is 0 Å². The van der Waals surface area contributed by atoms with Crippen molar-refractivity contribution in [1.82, 2.24) is 10.2 Å². The summed E-state index contributed by atoms with van der Waals surface area (Å²) in [6, 6.07) is 14.1. The first kappa shape index (κ1) is 15.6. The van der Waals surface area contributed by atoms with Crippen LogP contribution in [0.3, 0.4) is 0 Å². The van der Waals surface area contributed by atoms with Gasteiger partial charge in [0.2, 0.25) is 0 Å². The van der Waals surface area contributed by atoms with Gasteiger partial charge in [0.05, 0.1) is 0 Å². The van der Waals surface area contributed by atoms with Gasteiger partial charge < -0.3 is 10.2 Å². The summed E-state index contributed by atoms with van der Waals surface area (Å²) < 4.78 is 27.2. The maximum Gasteiger partial charge on any atom is 0.163 e. The Morgan fingerprint density at radius 3 is 2.43 bits per heavy atom. The van der Waals surface area contributed by atoms with Crippen molar-refractivity contribution in [3.63, 3.8) is 0 Å². The van der Waals surface area contributed by atoms with Gasteiger partial charge in [-0.1, -0.05) is 42.5 Å². The number of nitrogens with zero attached hydrogens (tertiary/aromatic N) is 1. The zero-order valence-electron chi connectivity index (χ0n) is 12.3. The highest BCUT2D eigenvalue weighted by Crippen LogP contribution is 2.20. The third-order valence-electron chi connectivity index (χ3n) is 3.49. The fourth-order valence-electron chi connectivity index (χ4n) is 2.41. The molecule has 2 nitrogen and oxygen atoms in total. The van der Waals surface area contributed by atoms with E-state index >= 15 is 0 Å². The van der Waals surface area contributed by atoms with Gasteiger partial charge in [0, 0.05) is 24.7 Å². The minimum Gasteiger partial charge on any atom is -0.312 e. The van der Waals surface area contributed by atoms with Gasteiger partial charge in [-0.25, -0.2) is 8.78 Å². The van der Waals surface area contributed by atoms with Gasteiger partial charge in [-0.2, -0.15) is 0 Å². The molecule has 0 bridgehead atoms. The second kappa shape index (κ2) is 7.29. The van der Waals surface area contributed by atoms with Crippen molar-refractivity contribution in [2.45, 2.75) is 12.6 Å². The Kier molecular flexibility index (Phi) is 5.42. The van der Waals surface area contributed by atoms with Crippen LogP contribution in [0.5, 0.6) is 0 Å². The second-order valence-corrected chi connectivity index (χ2v) is 5.17. The van der Waals surface area contributed by atoms with Crippen LogP contribution in [0.15, 0.2) is 48.5 Å². The molecular weight excluding hydrogens is 270 g/mol. The summed E-state index contributed by atoms with van der Waals surface area (Å²) in [7, 11) is 3.72. The number of likely N-dealkylation sites (N-methyl/N-ethyl adjacent to an activating group) is 2. The molecule has 0 heterocycles. The minimum atomic E-state index is -0.807. The third kappa shape index (κ3) is 4.09. The van der Waals surface area contributed by atoms with Crippen LogP contribution in [0.25, 0.3) is 0 Å². The summed E-state index contributed by atoms with van der Waals surface area (Å²) >= 11 is 0. The summed E-state index contributed by atoms with van der Waals surface area (Å²) in [6.07, 6.45) is 0. The summed E-state index contributed by atoms with van der Waals surface area (Å²) in [6.45, 7) is 1.35. The average molecular weight is 290 g/mol. The molecule has 0 aromatic heterocycles. The lowest BCUT2D eigenvalue weighted by molar-refractivity contribution is 0.285. The molecule has 0 saturated heterocycles. The molecule has 0 saturated carbocycles. The number of hydrogen-bond acceptors (Lipinski definition) is 2. The van der Waals surface area contributed by atoms with Gasteiger partial charge in [-0.15, -0.1) is 0 Å². The fraction of sp³-hybridized carbons (Fsp3) is 0.294. The number of halogens is 2. The Balaban J connectivity index is 2.06. The molecule has 0 radical (unpaired) electrons. The Morgan fingerprint density at radius 2 is 1.76 bits per heavy atom. The molecule has 21 heavy (non-hydrogen) atoms. The Hall–Kier alpha value is -1.78. The zero-order chi connectivity index (χ0) is 15.2. The normalized spacial score (nSPS) is 12.6. The average Bonchev–Trinajstić information content (AvgIpc) is 2.49. The van der Waals surface area contributed by atoms with Gasteiger partial charge in [0.1, 0.15) is 0 Å². The first-order valence-electron chi connectivity index (χ1n) is 6.95. The predicted octanol–water partition coefficient (Wildman–Crippen LogP) is 3.36. The quantitative estimate of drug-likeness (QED) is 0.877. The van der Waals surface area contributed by atoms with E-state index in [0.29, 0.717) is 12.1 Å². The van der Waals surface area contributed by atoms with E-state index in [0.717, 1.165) is 12.6 Å². The molecule has 0 aliphatic heterocycles. The fourth-order valence-corrected chi connectivity index (χ4v) is 2.41. The minimum absolute atomic E-state index is 0.255. The van der Waals surface area contributed by atoms with E-state index < -0.39 is 11.6 Å². The van der Waals surface area contributed by atoms with Crippen molar-refractivity contribution in [2.24, 2.45) is 0 Å². The van der Waals surface area contributed by atoms with Crippen LogP contribution < -0.4 is 5.32 Å². The van der Waals surface area contributed by atoms with Crippen molar-refractivity contribution in [3.8, 4) is 0 Å². The lowest BCUT2D eigenvalue weighted by Gasteiger charge is -2.24. The molecule has 0 amide bonds. The zero-order valence-corrected chi connectivity index (χ0v) is 12.3. The first-order chi connectivity index (χ1) is 10.1. The molecule has 1 unspecified atom stereocenters. The van der Waals surface area contributed by atoms with Crippen LogP contribution >= 0.6 is 0 Å². The van der Waals surface area contributed by atoms with Gasteiger partial charge >= 0.3 is 0 Å². The Bertz CT molecular complexity index is 572. The van der Waals surface area contributed by atoms with E-state index in [9.17, 15) is 8.78 Å². The molecule has 0 aliphatic rings. The molecule has 0 fully saturated rings. The van der Waals surface area contributed by atoms with Crippen molar-refractivity contribution in [2.75, 3.05) is 20.6 Å². The lowest BCUT2D eigenvalue weighted by Crippen LogP contribution is -2.31. The molecular formula is C17H20F2N2. The summed E-state index contributed by atoms with van der Waals surface area (Å²) in [4.78, 5) is 2.08. The number of nitrogens with one attached hydrogen (secondary N) is 1. The molecule has 4 heteroatoms. The number of hydrogen-bond donors (Lipinski definition) is 1. The van der Waals surface area contributed by atoms with E-state index in [-0.39, 0.29) is 6.04 Å². The predicted molar refractivity (Wildman–Crippen MR) is 80.9 cm³/mol. The maximum atomic E-state index is 13.9. The highest BCUT2D eigenvalue weighted by molar-refractivity contribution is 5.23. The van der Waals surface area contributed by atoms with Crippen LogP contribution in [-0.4, -0.2) is 25.5 Å². The Morgan fingerprint density at radius 1 is 1.05 bits per heavy atom. The maximum absolute atomic E-state index is 13.9. The lowest BCUT2D eigenvalue weighted by atomic mass is 10.1. The third-order valence-corrected chi connectivity index (χ3v) is 3.49. The van der Waals surface area contributed by atoms with Crippen LogP contribution in [0.4, 0.5) is 8.78 Å². The molecule has 0 aliphatic carbocycles. The number of rotatable bonds is 6. The standard InChI is InChI=1S/C17H20F2N2/c1-20-16(14-9-6-10-15(18)17(14)19)12-21(2)11-13-7-4-3-5-8-13/h3-10,16,20H,11-12H2,1-2H3. The van der Waals surface area contributed by atoms with E-state index in [1.807, 2.05) is 37.4 Å². The molecule has 2 rings (SSSR count).